The van der Waals surface area contributed by atoms with Crippen molar-refractivity contribution in [3.05, 3.63) is 0 Å². The largest absolute Gasteiger partial charge is 0.380 e. The summed E-state index contributed by atoms with van der Waals surface area (Å²) in [6.45, 7) is 9.76. The van der Waals surface area contributed by atoms with E-state index in [1.165, 1.54) is 58.2 Å². The molecule has 1 saturated carbocycles. The van der Waals surface area contributed by atoms with E-state index in [1.807, 2.05) is 0 Å². The van der Waals surface area contributed by atoms with Gasteiger partial charge in [0.15, 0.2) is 0 Å². The van der Waals surface area contributed by atoms with Gasteiger partial charge in [-0.1, -0.05) is 19.3 Å². The van der Waals surface area contributed by atoms with Gasteiger partial charge in [0.1, 0.15) is 0 Å². The normalized spacial score (nSPS) is 27.0. The third-order valence-electron chi connectivity index (χ3n) is 4.63. The number of rotatable bonds is 4. The van der Waals surface area contributed by atoms with Gasteiger partial charge in [0.05, 0.1) is 6.61 Å². The number of hydrogen-bond donors (Lipinski definition) is 1. The lowest BCUT2D eigenvalue weighted by molar-refractivity contribution is 0.0575. The van der Waals surface area contributed by atoms with Gasteiger partial charge >= 0.3 is 0 Å². The van der Waals surface area contributed by atoms with Crippen LogP contribution >= 0.6 is 0 Å². The minimum atomic E-state index is 0.412. The highest BCUT2D eigenvalue weighted by molar-refractivity contribution is 4.96. The van der Waals surface area contributed by atoms with E-state index in [0.717, 1.165) is 13.2 Å². The highest BCUT2D eigenvalue weighted by atomic mass is 16.5. The molecule has 0 aromatic rings. The Morgan fingerprint density at radius 3 is 2.72 bits per heavy atom. The summed E-state index contributed by atoms with van der Waals surface area (Å²) in [5.74, 6) is 0. The van der Waals surface area contributed by atoms with Gasteiger partial charge in [-0.2, -0.15) is 0 Å². The molecule has 1 aliphatic heterocycles. The molecule has 2 aliphatic rings. The highest BCUT2D eigenvalue weighted by Crippen LogP contribution is 2.30. The maximum absolute atomic E-state index is 5.60. The van der Waals surface area contributed by atoms with Crippen molar-refractivity contribution < 1.29 is 4.74 Å². The summed E-state index contributed by atoms with van der Waals surface area (Å²) in [6.07, 6.45) is 8.24. The van der Waals surface area contributed by atoms with E-state index in [4.69, 9.17) is 4.74 Å². The maximum atomic E-state index is 5.60. The molecule has 18 heavy (non-hydrogen) atoms. The molecule has 1 spiro atoms. The molecule has 3 nitrogen and oxygen atoms in total. The Morgan fingerprint density at radius 2 is 2.00 bits per heavy atom. The zero-order valence-corrected chi connectivity index (χ0v) is 12.2. The number of hydrogen-bond acceptors (Lipinski definition) is 3. The lowest BCUT2D eigenvalue weighted by Gasteiger charge is -2.41. The first kappa shape index (κ1) is 14.3. The molecule has 0 aromatic heterocycles. The van der Waals surface area contributed by atoms with Crippen molar-refractivity contribution in [3.8, 4) is 0 Å². The fraction of sp³-hybridized carbons (Fsp3) is 1.00. The van der Waals surface area contributed by atoms with Crippen LogP contribution in [0.2, 0.25) is 0 Å². The molecule has 1 aliphatic carbocycles. The first-order chi connectivity index (χ1) is 8.76. The van der Waals surface area contributed by atoms with E-state index >= 15 is 0 Å². The van der Waals surface area contributed by atoms with Crippen LogP contribution in [-0.2, 0) is 4.74 Å². The van der Waals surface area contributed by atoms with Gasteiger partial charge in [-0.25, -0.2) is 0 Å². The van der Waals surface area contributed by atoms with Gasteiger partial charge in [-0.3, -0.25) is 4.90 Å². The van der Waals surface area contributed by atoms with Crippen LogP contribution in [-0.4, -0.2) is 49.3 Å². The van der Waals surface area contributed by atoms with Gasteiger partial charge in [0.2, 0.25) is 0 Å². The lowest BCUT2D eigenvalue weighted by atomic mass is 9.81. The van der Waals surface area contributed by atoms with Crippen LogP contribution in [0, 0.1) is 0 Å². The molecule has 0 bridgehead atoms. The molecule has 1 N–H and O–H groups in total. The standard InChI is InChI=1S/C15H30N2O/c1-3-18-12-14(2)17-11-7-10-16-15(13-17)8-5-4-6-9-15/h14,16H,3-13H2,1-2H3. The monoisotopic (exact) mass is 254 g/mol. The molecule has 3 heteroatoms. The zero-order valence-electron chi connectivity index (χ0n) is 12.2. The Kier molecular flexibility index (Phi) is 5.46. The highest BCUT2D eigenvalue weighted by Gasteiger charge is 2.35. The molecular formula is C15H30N2O. The predicted molar refractivity (Wildman–Crippen MR) is 76.0 cm³/mol. The molecule has 2 fully saturated rings. The van der Waals surface area contributed by atoms with Gasteiger partial charge in [0, 0.05) is 24.7 Å². The van der Waals surface area contributed by atoms with Crippen molar-refractivity contribution in [2.75, 3.05) is 32.8 Å². The minimum Gasteiger partial charge on any atom is -0.380 e. The fourth-order valence-corrected chi connectivity index (χ4v) is 3.49. The third kappa shape index (κ3) is 3.69. The molecular weight excluding hydrogens is 224 g/mol. The molecule has 1 heterocycles. The Bertz CT molecular complexity index is 239. The van der Waals surface area contributed by atoms with Crippen molar-refractivity contribution in [1.29, 1.82) is 0 Å². The third-order valence-corrected chi connectivity index (χ3v) is 4.63. The second kappa shape index (κ2) is 6.88. The van der Waals surface area contributed by atoms with E-state index in [1.54, 1.807) is 0 Å². The summed E-state index contributed by atoms with van der Waals surface area (Å²) in [6, 6.07) is 0.559. The fourth-order valence-electron chi connectivity index (χ4n) is 3.49. The van der Waals surface area contributed by atoms with Gasteiger partial charge in [-0.05, 0) is 46.2 Å². The summed E-state index contributed by atoms with van der Waals surface area (Å²) >= 11 is 0. The van der Waals surface area contributed by atoms with Crippen LogP contribution in [0.5, 0.6) is 0 Å². The van der Waals surface area contributed by atoms with Gasteiger partial charge in [0.25, 0.3) is 0 Å². The molecule has 0 amide bonds. The first-order valence-corrected chi connectivity index (χ1v) is 7.82. The Morgan fingerprint density at radius 1 is 1.22 bits per heavy atom. The van der Waals surface area contributed by atoms with Crippen LogP contribution in [0.25, 0.3) is 0 Å². The Labute approximate surface area is 112 Å². The van der Waals surface area contributed by atoms with Crippen molar-refractivity contribution in [1.82, 2.24) is 10.2 Å². The van der Waals surface area contributed by atoms with E-state index in [-0.39, 0.29) is 0 Å². The summed E-state index contributed by atoms with van der Waals surface area (Å²) < 4.78 is 5.60. The Hall–Kier alpha value is -0.120. The van der Waals surface area contributed by atoms with Crippen molar-refractivity contribution in [2.45, 2.75) is 64.0 Å². The SMILES string of the molecule is CCOCC(C)N1CCCNC2(CCCCC2)C1. The van der Waals surface area contributed by atoms with Crippen LogP contribution in [0.3, 0.4) is 0 Å². The molecule has 0 aromatic carbocycles. The summed E-state index contributed by atoms with van der Waals surface area (Å²) in [7, 11) is 0. The molecule has 2 rings (SSSR count). The van der Waals surface area contributed by atoms with Crippen LogP contribution in [0.15, 0.2) is 0 Å². The second-order valence-corrected chi connectivity index (χ2v) is 6.10. The summed E-state index contributed by atoms with van der Waals surface area (Å²) in [5.41, 5.74) is 0.412. The van der Waals surface area contributed by atoms with Crippen molar-refractivity contribution in [3.63, 3.8) is 0 Å². The smallest absolute Gasteiger partial charge is 0.0619 e. The number of nitrogens with one attached hydrogen (secondary N) is 1. The summed E-state index contributed by atoms with van der Waals surface area (Å²) in [4.78, 5) is 2.65. The zero-order chi connectivity index (χ0) is 12.8. The van der Waals surface area contributed by atoms with E-state index in [2.05, 4.69) is 24.1 Å². The van der Waals surface area contributed by atoms with E-state index < -0.39 is 0 Å². The molecule has 1 saturated heterocycles. The van der Waals surface area contributed by atoms with Gasteiger partial charge in [-0.15, -0.1) is 0 Å². The number of nitrogens with zero attached hydrogens (tertiary/aromatic N) is 1. The number of ether oxygens (including phenoxy) is 1. The predicted octanol–water partition coefficient (Wildman–Crippen LogP) is 2.41. The molecule has 0 radical (unpaired) electrons. The topological polar surface area (TPSA) is 24.5 Å². The molecule has 1 atom stereocenters. The van der Waals surface area contributed by atoms with E-state index in [0.29, 0.717) is 11.6 Å². The van der Waals surface area contributed by atoms with Crippen LogP contribution in [0.4, 0.5) is 0 Å². The first-order valence-electron chi connectivity index (χ1n) is 7.82. The van der Waals surface area contributed by atoms with Crippen molar-refractivity contribution in [2.24, 2.45) is 0 Å². The molecule has 1 unspecified atom stereocenters. The van der Waals surface area contributed by atoms with Crippen LogP contribution < -0.4 is 5.32 Å². The second-order valence-electron chi connectivity index (χ2n) is 6.10. The van der Waals surface area contributed by atoms with E-state index in [9.17, 15) is 0 Å². The summed E-state index contributed by atoms with van der Waals surface area (Å²) in [5, 5.41) is 3.86. The van der Waals surface area contributed by atoms with Gasteiger partial charge < -0.3 is 10.1 Å². The van der Waals surface area contributed by atoms with Crippen LogP contribution in [0.1, 0.15) is 52.4 Å². The molecule has 106 valence electrons. The quantitative estimate of drug-likeness (QED) is 0.834. The van der Waals surface area contributed by atoms with Crippen molar-refractivity contribution >= 4 is 0 Å². The maximum Gasteiger partial charge on any atom is 0.0619 e. The lowest BCUT2D eigenvalue weighted by Crippen LogP contribution is -2.54. The minimum absolute atomic E-state index is 0.412. The average molecular weight is 254 g/mol. The average Bonchev–Trinajstić information content (AvgIpc) is 2.60. The Balaban J connectivity index is 1.93.